The van der Waals surface area contributed by atoms with E-state index in [9.17, 15) is 0 Å². The number of rotatable bonds is 4. The van der Waals surface area contributed by atoms with E-state index in [0.717, 1.165) is 17.8 Å². The minimum absolute atomic E-state index is 0.193. The zero-order valence-corrected chi connectivity index (χ0v) is 29.2. The number of para-hydroxylation sites is 3. The maximum absolute atomic E-state index is 2.64. The third-order valence-corrected chi connectivity index (χ3v) is 14.1. The summed E-state index contributed by atoms with van der Waals surface area (Å²) < 4.78 is 0. The van der Waals surface area contributed by atoms with Crippen LogP contribution in [0, 0.1) is 17.8 Å². The van der Waals surface area contributed by atoms with Gasteiger partial charge in [0, 0.05) is 34.1 Å². The van der Waals surface area contributed by atoms with Gasteiger partial charge in [-0.25, -0.2) is 0 Å². The second-order valence-electron chi connectivity index (χ2n) is 16.9. The minimum atomic E-state index is 0.193. The highest BCUT2D eigenvalue weighted by atomic mass is 15.2. The van der Waals surface area contributed by atoms with Gasteiger partial charge in [0.2, 0.25) is 0 Å². The molecular weight excluding hydrogens is 603 g/mol. The zero-order valence-electron chi connectivity index (χ0n) is 29.2. The Bertz CT molecular complexity index is 2060. The Morgan fingerprint density at radius 2 is 1.08 bits per heavy atom. The summed E-state index contributed by atoms with van der Waals surface area (Å²) in [6.45, 7) is 0.193. The molecule has 0 radical (unpaired) electrons. The lowest BCUT2D eigenvalue weighted by atomic mass is 9.33. The molecular formula is C47H47BN2. The van der Waals surface area contributed by atoms with Crippen molar-refractivity contribution in [1.29, 1.82) is 0 Å². The first-order valence-electron chi connectivity index (χ1n) is 19.8. The van der Waals surface area contributed by atoms with E-state index >= 15 is 0 Å². The van der Waals surface area contributed by atoms with Crippen LogP contribution in [0.5, 0.6) is 0 Å². The van der Waals surface area contributed by atoms with Crippen molar-refractivity contribution in [2.45, 2.75) is 88.4 Å². The second kappa shape index (κ2) is 11.4. The second-order valence-corrected chi connectivity index (χ2v) is 16.9. The molecule has 5 aliphatic carbocycles. The van der Waals surface area contributed by atoms with Crippen LogP contribution in [0.4, 0.5) is 34.1 Å². The molecule has 2 aliphatic heterocycles. The van der Waals surface area contributed by atoms with Crippen molar-refractivity contribution >= 4 is 57.2 Å². The Morgan fingerprint density at radius 1 is 0.520 bits per heavy atom. The molecule has 12 rings (SSSR count). The molecule has 50 heavy (non-hydrogen) atoms. The molecule has 7 aliphatic rings. The van der Waals surface area contributed by atoms with Gasteiger partial charge in [-0.2, -0.15) is 0 Å². The Hall–Kier alpha value is -4.24. The van der Waals surface area contributed by atoms with Gasteiger partial charge in [-0.15, -0.1) is 0 Å². The molecule has 0 aromatic heterocycles. The van der Waals surface area contributed by atoms with Crippen molar-refractivity contribution in [2.24, 2.45) is 17.8 Å². The van der Waals surface area contributed by atoms with Crippen LogP contribution < -0.4 is 26.2 Å². The number of fused-ring (bicyclic) bond motifs is 5. The highest BCUT2D eigenvalue weighted by Gasteiger charge is 2.49. The largest absolute Gasteiger partial charge is 0.311 e. The molecule has 248 valence electrons. The van der Waals surface area contributed by atoms with Gasteiger partial charge < -0.3 is 9.80 Å². The molecule has 2 nitrogen and oxygen atoms in total. The molecule has 2 unspecified atom stereocenters. The Balaban J connectivity index is 1.11. The van der Waals surface area contributed by atoms with E-state index in [1.165, 1.54) is 133 Å². The fraction of sp³-hybridized carbons (Fsp3) is 0.362. The van der Waals surface area contributed by atoms with Gasteiger partial charge >= 0.3 is 0 Å². The summed E-state index contributed by atoms with van der Waals surface area (Å²) in [5.41, 5.74) is 15.7. The SMILES string of the molecule is c1ccc(N2c3ccccc3B3c4ccccc4N(c4ccc(C56CCC7CC(CC(C7)C5)C6)cc4)c4cc(C5CCCCC5)cc2c43)cc1. The molecule has 4 bridgehead atoms. The standard InChI is InChI=1S/C47H47BN2/c1-3-11-35(12-4-1)36-28-44-46-45(29-36)50(39-21-19-37(20-22-39)47-24-23-32-25-33(30-47)27-34(26-32)31-47)43-18-10-8-16-41(43)48(46)40-15-7-9-17-42(40)49(44)38-13-5-2-6-14-38/h2,5-10,13-22,28-29,32-35H,1,3-4,11-12,23-27,30-31H2. The Labute approximate surface area is 298 Å². The van der Waals surface area contributed by atoms with E-state index in [0.29, 0.717) is 11.3 Å². The average Bonchev–Trinajstić information content (AvgIpc) is 3.38. The van der Waals surface area contributed by atoms with Crippen LogP contribution in [-0.4, -0.2) is 6.71 Å². The van der Waals surface area contributed by atoms with Gasteiger partial charge in [-0.05, 0) is 163 Å². The molecule has 0 N–H and O–H groups in total. The van der Waals surface area contributed by atoms with Crippen LogP contribution in [0.2, 0.25) is 0 Å². The summed E-state index contributed by atoms with van der Waals surface area (Å²) in [5, 5.41) is 0. The lowest BCUT2D eigenvalue weighted by Crippen LogP contribution is -2.61. The first-order chi connectivity index (χ1) is 24.7. The van der Waals surface area contributed by atoms with Crippen LogP contribution in [-0.2, 0) is 5.41 Å². The van der Waals surface area contributed by atoms with E-state index in [1.54, 1.807) is 5.56 Å². The molecule has 5 aromatic rings. The third kappa shape index (κ3) is 4.47. The molecule has 0 spiro atoms. The normalized spacial score (nSPS) is 26.3. The Morgan fingerprint density at radius 3 is 1.72 bits per heavy atom. The van der Waals surface area contributed by atoms with E-state index < -0.39 is 0 Å². The number of hydrogen-bond donors (Lipinski definition) is 0. The van der Waals surface area contributed by atoms with Gasteiger partial charge in [0.25, 0.3) is 6.71 Å². The third-order valence-electron chi connectivity index (χ3n) is 14.1. The molecule has 2 heterocycles. The predicted molar refractivity (Wildman–Crippen MR) is 211 cm³/mol. The van der Waals surface area contributed by atoms with Crippen LogP contribution in [0.3, 0.4) is 0 Å². The molecule has 5 aromatic carbocycles. The summed E-state index contributed by atoms with van der Waals surface area (Å²) in [5.74, 6) is 3.50. The van der Waals surface area contributed by atoms with Crippen molar-refractivity contribution in [3.8, 4) is 0 Å². The van der Waals surface area contributed by atoms with Crippen molar-refractivity contribution in [3.63, 3.8) is 0 Å². The van der Waals surface area contributed by atoms with E-state index in [2.05, 4.69) is 125 Å². The Kier molecular flexibility index (Phi) is 6.72. The van der Waals surface area contributed by atoms with Gasteiger partial charge in [-0.3, -0.25) is 0 Å². The van der Waals surface area contributed by atoms with Crippen molar-refractivity contribution in [3.05, 3.63) is 126 Å². The van der Waals surface area contributed by atoms with Crippen molar-refractivity contribution < 1.29 is 0 Å². The molecule has 0 saturated heterocycles. The first-order valence-corrected chi connectivity index (χ1v) is 19.8. The lowest BCUT2D eigenvalue weighted by Gasteiger charge is -2.46. The van der Waals surface area contributed by atoms with Crippen LogP contribution >= 0.6 is 0 Å². The van der Waals surface area contributed by atoms with Gasteiger partial charge in [-0.1, -0.05) is 86.0 Å². The predicted octanol–water partition coefficient (Wildman–Crippen LogP) is 10.7. The highest BCUT2D eigenvalue weighted by Crippen LogP contribution is 2.58. The fourth-order valence-corrected chi connectivity index (χ4v) is 12.2. The smallest absolute Gasteiger partial charge is 0.252 e. The summed E-state index contributed by atoms with van der Waals surface area (Å²) in [6, 6.07) is 44.9. The molecule has 3 heteroatoms. The molecule has 5 saturated carbocycles. The van der Waals surface area contributed by atoms with E-state index in [-0.39, 0.29) is 6.71 Å². The summed E-state index contributed by atoms with van der Waals surface area (Å²) in [7, 11) is 0. The quantitative estimate of drug-likeness (QED) is 0.175. The van der Waals surface area contributed by atoms with Crippen LogP contribution in [0.1, 0.15) is 94.1 Å². The number of benzene rings is 5. The maximum Gasteiger partial charge on any atom is 0.252 e. The van der Waals surface area contributed by atoms with Gasteiger partial charge in [0.05, 0.1) is 0 Å². The van der Waals surface area contributed by atoms with E-state index in [4.69, 9.17) is 0 Å². The average molecular weight is 651 g/mol. The summed E-state index contributed by atoms with van der Waals surface area (Å²) >= 11 is 0. The van der Waals surface area contributed by atoms with Gasteiger partial charge in [0.15, 0.2) is 0 Å². The lowest BCUT2D eigenvalue weighted by molar-refractivity contribution is 0.113. The maximum atomic E-state index is 2.64. The number of anilines is 6. The number of hydrogen-bond acceptors (Lipinski definition) is 2. The summed E-state index contributed by atoms with van der Waals surface area (Å²) in [6.07, 6.45) is 16.8. The monoisotopic (exact) mass is 650 g/mol. The van der Waals surface area contributed by atoms with Crippen molar-refractivity contribution in [1.82, 2.24) is 0 Å². The van der Waals surface area contributed by atoms with Gasteiger partial charge in [0.1, 0.15) is 0 Å². The van der Waals surface area contributed by atoms with Crippen LogP contribution in [0.25, 0.3) is 0 Å². The van der Waals surface area contributed by atoms with Crippen LogP contribution in [0.15, 0.2) is 115 Å². The molecule has 0 amide bonds. The van der Waals surface area contributed by atoms with E-state index in [1.807, 2.05) is 0 Å². The first kappa shape index (κ1) is 29.5. The van der Waals surface area contributed by atoms with Crippen molar-refractivity contribution in [2.75, 3.05) is 9.80 Å². The highest BCUT2D eigenvalue weighted by molar-refractivity contribution is 7.00. The fourth-order valence-electron chi connectivity index (χ4n) is 12.2. The topological polar surface area (TPSA) is 6.48 Å². The minimum Gasteiger partial charge on any atom is -0.311 e. The number of nitrogens with zero attached hydrogens (tertiary/aromatic N) is 2. The zero-order chi connectivity index (χ0) is 32.8. The molecule has 2 atom stereocenters. The molecule has 5 fully saturated rings. The summed E-state index contributed by atoms with van der Waals surface area (Å²) in [4.78, 5) is 5.21.